The third-order valence-electron chi connectivity index (χ3n) is 5.08. The van der Waals surface area contributed by atoms with Crippen molar-refractivity contribution in [2.75, 3.05) is 10.6 Å². The summed E-state index contributed by atoms with van der Waals surface area (Å²) in [5, 5.41) is 10.9. The second-order valence-corrected chi connectivity index (χ2v) is 7.28. The number of aryl methyl sites for hydroxylation is 1. The van der Waals surface area contributed by atoms with Crippen molar-refractivity contribution in [2.45, 2.75) is 19.9 Å². The molecule has 1 unspecified atom stereocenters. The number of para-hydroxylation sites is 1. The molecule has 1 amide bonds. The molecular formula is C23H20N6O2. The lowest BCUT2D eigenvalue weighted by Gasteiger charge is -2.27. The largest absolute Gasteiger partial charge is 0.464 e. The van der Waals surface area contributed by atoms with E-state index in [9.17, 15) is 4.79 Å². The fourth-order valence-electron chi connectivity index (χ4n) is 3.65. The summed E-state index contributed by atoms with van der Waals surface area (Å²) in [4.78, 5) is 22.1. The van der Waals surface area contributed by atoms with Crippen molar-refractivity contribution in [3.8, 4) is 11.4 Å². The molecule has 154 valence electrons. The standard InChI is InChI=1S/C23H20N6O2/c1-14-10-11-18(31-14)20-19(22(30)26-17-8-4-3-5-9-17)15(2)25-23-27-21(28-29(20)23)16-7-6-12-24-13-16/h3-13,20H,1-2H3,(H,26,30)(H,25,27,28). The molecular weight excluding hydrogens is 392 g/mol. The lowest BCUT2D eigenvalue weighted by Crippen LogP contribution is -2.31. The minimum atomic E-state index is -0.563. The van der Waals surface area contributed by atoms with E-state index in [0.29, 0.717) is 34.5 Å². The minimum Gasteiger partial charge on any atom is -0.464 e. The van der Waals surface area contributed by atoms with E-state index in [1.807, 2.05) is 68.4 Å². The van der Waals surface area contributed by atoms with Gasteiger partial charge in [-0.1, -0.05) is 18.2 Å². The molecule has 2 N–H and O–H groups in total. The molecule has 31 heavy (non-hydrogen) atoms. The van der Waals surface area contributed by atoms with Gasteiger partial charge in [-0.3, -0.25) is 9.78 Å². The number of allylic oxidation sites excluding steroid dienone is 1. The number of hydrogen-bond acceptors (Lipinski definition) is 6. The zero-order valence-electron chi connectivity index (χ0n) is 17.0. The number of carbonyl (C=O) groups is 1. The number of rotatable bonds is 4. The summed E-state index contributed by atoms with van der Waals surface area (Å²) in [5.41, 5.74) is 2.69. The Labute approximate surface area is 178 Å². The fourth-order valence-corrected chi connectivity index (χ4v) is 3.65. The highest BCUT2D eigenvalue weighted by molar-refractivity contribution is 6.05. The molecule has 4 heterocycles. The number of aromatic nitrogens is 4. The second kappa shape index (κ2) is 7.56. The summed E-state index contributed by atoms with van der Waals surface area (Å²) < 4.78 is 7.62. The number of nitrogens with zero attached hydrogens (tertiary/aromatic N) is 4. The Kier molecular flexibility index (Phi) is 4.59. The number of carbonyl (C=O) groups excluding carboxylic acids is 1. The number of benzene rings is 1. The van der Waals surface area contributed by atoms with Gasteiger partial charge in [-0.2, -0.15) is 4.98 Å². The molecule has 1 atom stereocenters. The lowest BCUT2D eigenvalue weighted by atomic mass is 10.00. The molecule has 1 aliphatic rings. The van der Waals surface area contributed by atoms with Crippen LogP contribution in [0.5, 0.6) is 0 Å². The molecule has 0 saturated carbocycles. The van der Waals surface area contributed by atoms with Crippen LogP contribution in [0.15, 0.2) is 82.7 Å². The first-order valence-electron chi connectivity index (χ1n) is 9.87. The molecule has 4 aromatic rings. The first-order chi connectivity index (χ1) is 15.1. The lowest BCUT2D eigenvalue weighted by molar-refractivity contribution is -0.113. The molecule has 0 aliphatic carbocycles. The quantitative estimate of drug-likeness (QED) is 0.522. The summed E-state index contributed by atoms with van der Waals surface area (Å²) in [6.07, 6.45) is 3.40. The molecule has 0 radical (unpaired) electrons. The summed E-state index contributed by atoms with van der Waals surface area (Å²) in [6, 6.07) is 16.2. The number of hydrogen-bond donors (Lipinski definition) is 2. The third kappa shape index (κ3) is 3.48. The number of furan rings is 1. The maximum absolute atomic E-state index is 13.3. The predicted octanol–water partition coefficient (Wildman–Crippen LogP) is 4.17. The summed E-state index contributed by atoms with van der Waals surface area (Å²) in [7, 11) is 0. The van der Waals surface area contributed by atoms with Crippen LogP contribution in [0.3, 0.4) is 0 Å². The third-order valence-corrected chi connectivity index (χ3v) is 5.08. The Bertz CT molecular complexity index is 1270. The minimum absolute atomic E-state index is 0.237. The van der Waals surface area contributed by atoms with Crippen LogP contribution >= 0.6 is 0 Å². The predicted molar refractivity (Wildman–Crippen MR) is 116 cm³/mol. The number of pyridine rings is 1. The van der Waals surface area contributed by atoms with E-state index in [1.165, 1.54) is 0 Å². The SMILES string of the molecule is CC1=C(C(=O)Nc2ccccc2)C(c2ccc(C)o2)n2nc(-c3cccnc3)nc2N1. The monoisotopic (exact) mass is 412 g/mol. The Morgan fingerprint density at radius 2 is 1.94 bits per heavy atom. The van der Waals surface area contributed by atoms with Crippen molar-refractivity contribution in [1.29, 1.82) is 0 Å². The van der Waals surface area contributed by atoms with E-state index >= 15 is 0 Å². The van der Waals surface area contributed by atoms with E-state index in [4.69, 9.17) is 9.52 Å². The zero-order chi connectivity index (χ0) is 21.4. The first-order valence-corrected chi connectivity index (χ1v) is 9.87. The summed E-state index contributed by atoms with van der Waals surface area (Å²) in [5.74, 6) is 2.18. The van der Waals surface area contributed by atoms with Crippen LogP contribution in [-0.4, -0.2) is 25.7 Å². The van der Waals surface area contributed by atoms with Crippen LogP contribution in [0.25, 0.3) is 11.4 Å². The molecule has 0 saturated heterocycles. The van der Waals surface area contributed by atoms with Crippen LogP contribution in [0, 0.1) is 6.92 Å². The van der Waals surface area contributed by atoms with Gasteiger partial charge in [0.2, 0.25) is 5.95 Å². The number of fused-ring (bicyclic) bond motifs is 1. The Morgan fingerprint density at radius 1 is 1.10 bits per heavy atom. The highest BCUT2D eigenvalue weighted by Crippen LogP contribution is 2.37. The highest BCUT2D eigenvalue weighted by atomic mass is 16.3. The van der Waals surface area contributed by atoms with Crippen LogP contribution in [0.2, 0.25) is 0 Å². The van der Waals surface area contributed by atoms with Crippen molar-refractivity contribution in [3.05, 3.63) is 89.8 Å². The van der Waals surface area contributed by atoms with Gasteiger partial charge in [-0.25, -0.2) is 4.68 Å². The van der Waals surface area contributed by atoms with Gasteiger partial charge in [-0.05, 0) is 50.2 Å². The average molecular weight is 412 g/mol. The second-order valence-electron chi connectivity index (χ2n) is 7.28. The molecule has 1 aromatic carbocycles. The first kappa shape index (κ1) is 18.8. The molecule has 0 bridgehead atoms. The maximum atomic E-state index is 13.3. The van der Waals surface area contributed by atoms with Gasteiger partial charge in [0.1, 0.15) is 17.6 Å². The van der Waals surface area contributed by atoms with Crippen LogP contribution in [0.4, 0.5) is 11.6 Å². The normalized spacial score (nSPS) is 15.4. The van der Waals surface area contributed by atoms with Gasteiger partial charge in [-0.15, -0.1) is 5.10 Å². The van der Waals surface area contributed by atoms with Gasteiger partial charge in [0.15, 0.2) is 5.82 Å². The van der Waals surface area contributed by atoms with E-state index in [0.717, 1.165) is 11.3 Å². The molecule has 1 aliphatic heterocycles. The number of nitrogens with one attached hydrogen (secondary N) is 2. The Balaban J connectivity index is 1.59. The topological polar surface area (TPSA) is 97.9 Å². The van der Waals surface area contributed by atoms with Crippen LogP contribution in [-0.2, 0) is 4.79 Å². The molecule has 0 spiro atoms. The molecule has 5 rings (SSSR count). The van der Waals surface area contributed by atoms with Crippen molar-refractivity contribution in [2.24, 2.45) is 0 Å². The van der Waals surface area contributed by atoms with Crippen molar-refractivity contribution in [1.82, 2.24) is 19.7 Å². The zero-order valence-corrected chi connectivity index (χ0v) is 17.0. The van der Waals surface area contributed by atoms with E-state index in [1.54, 1.807) is 17.1 Å². The summed E-state index contributed by atoms with van der Waals surface area (Å²) in [6.45, 7) is 3.72. The van der Waals surface area contributed by atoms with Crippen molar-refractivity contribution >= 4 is 17.5 Å². The van der Waals surface area contributed by atoms with E-state index in [-0.39, 0.29) is 5.91 Å². The number of anilines is 2. The average Bonchev–Trinajstić information content (AvgIpc) is 3.40. The van der Waals surface area contributed by atoms with E-state index < -0.39 is 6.04 Å². The van der Waals surface area contributed by atoms with Gasteiger partial charge in [0.25, 0.3) is 5.91 Å². The summed E-state index contributed by atoms with van der Waals surface area (Å²) >= 11 is 0. The van der Waals surface area contributed by atoms with Crippen LogP contribution < -0.4 is 10.6 Å². The highest BCUT2D eigenvalue weighted by Gasteiger charge is 2.36. The number of amides is 1. The van der Waals surface area contributed by atoms with Crippen LogP contribution in [0.1, 0.15) is 24.5 Å². The smallest absolute Gasteiger partial charge is 0.256 e. The van der Waals surface area contributed by atoms with Gasteiger partial charge in [0.05, 0.1) is 5.57 Å². The fraction of sp³-hybridized carbons (Fsp3) is 0.130. The molecule has 8 heteroatoms. The molecule has 8 nitrogen and oxygen atoms in total. The molecule has 0 fully saturated rings. The Hall–Kier alpha value is -4.20. The van der Waals surface area contributed by atoms with Crippen molar-refractivity contribution < 1.29 is 9.21 Å². The van der Waals surface area contributed by atoms with Crippen molar-refractivity contribution in [3.63, 3.8) is 0 Å². The van der Waals surface area contributed by atoms with Gasteiger partial charge >= 0.3 is 0 Å². The van der Waals surface area contributed by atoms with Gasteiger partial charge < -0.3 is 15.1 Å². The molecule has 3 aromatic heterocycles. The van der Waals surface area contributed by atoms with E-state index in [2.05, 4.69) is 20.6 Å². The maximum Gasteiger partial charge on any atom is 0.256 e. The Morgan fingerprint density at radius 3 is 2.65 bits per heavy atom. The van der Waals surface area contributed by atoms with Gasteiger partial charge in [0, 0.05) is 29.3 Å².